The van der Waals surface area contributed by atoms with E-state index in [1.54, 1.807) is 53.4 Å². The topological polar surface area (TPSA) is 79.1 Å². The molecule has 0 saturated carbocycles. The van der Waals surface area contributed by atoms with Gasteiger partial charge in [0.05, 0.1) is 11.3 Å². The summed E-state index contributed by atoms with van der Waals surface area (Å²) >= 11 is 6.15. The molecule has 0 unspecified atom stereocenters. The zero-order valence-corrected chi connectivity index (χ0v) is 19.8. The van der Waals surface area contributed by atoms with Gasteiger partial charge in [0.1, 0.15) is 5.57 Å². The summed E-state index contributed by atoms with van der Waals surface area (Å²) < 4.78 is 2.98. The van der Waals surface area contributed by atoms with E-state index in [2.05, 4.69) is 5.10 Å². The van der Waals surface area contributed by atoms with Gasteiger partial charge in [-0.05, 0) is 30.0 Å². The number of pyridine rings is 1. The van der Waals surface area contributed by atoms with Crippen molar-refractivity contribution in [3.05, 3.63) is 81.5 Å². The number of nitrogens with one attached hydrogen (secondary N) is 1. The van der Waals surface area contributed by atoms with Crippen LogP contribution in [0.5, 0.6) is 0 Å². The van der Waals surface area contributed by atoms with Crippen molar-refractivity contribution in [3.63, 3.8) is 0 Å². The maximum atomic E-state index is 13.7. The Hall–Kier alpha value is -3.45. The number of aromatic nitrogens is 3. The van der Waals surface area contributed by atoms with Gasteiger partial charge < -0.3 is 0 Å². The molecule has 2 amide bonds. The minimum Gasteiger partial charge on any atom is -0.294 e. The smallest absolute Gasteiger partial charge is 0.294 e. The van der Waals surface area contributed by atoms with Crippen molar-refractivity contribution in [1.29, 1.82) is 0 Å². The van der Waals surface area contributed by atoms with Crippen molar-refractivity contribution < 1.29 is 14.2 Å². The molecule has 8 heteroatoms. The predicted molar refractivity (Wildman–Crippen MR) is 127 cm³/mol. The van der Waals surface area contributed by atoms with Gasteiger partial charge in [-0.25, -0.2) is 4.68 Å². The third kappa shape index (κ3) is 4.04. The summed E-state index contributed by atoms with van der Waals surface area (Å²) in [5, 5.41) is 3.64. The standard InChI is InChI=1S/C25H25ClN4O3/c1-15(2)14-29-23(31)20(22(25(29)33)28-11-6-5-7-12-28)19-21(16(3)4)27-30(24(19)32)18-10-8-9-17(26)13-18/h5-13,15-16H,14H2,1-4H3/p+1. The number of H-pyrrole nitrogens is 1. The van der Waals surface area contributed by atoms with E-state index in [9.17, 15) is 14.4 Å². The molecule has 0 radical (unpaired) electrons. The Balaban J connectivity index is 2.02. The van der Waals surface area contributed by atoms with Crippen molar-refractivity contribution in [2.45, 2.75) is 33.6 Å². The number of carbonyl (C=O) groups is 2. The van der Waals surface area contributed by atoms with Crippen molar-refractivity contribution in [3.8, 4) is 5.69 Å². The summed E-state index contributed by atoms with van der Waals surface area (Å²) in [6.45, 7) is 8.01. The normalized spacial score (nSPS) is 14.3. The fourth-order valence-corrected chi connectivity index (χ4v) is 4.20. The number of benzene rings is 1. The number of hydrogen-bond donors (Lipinski definition) is 1. The quantitative estimate of drug-likeness (QED) is 0.446. The summed E-state index contributed by atoms with van der Waals surface area (Å²) in [7, 11) is 0. The molecule has 0 aliphatic carbocycles. The maximum absolute atomic E-state index is 13.7. The Bertz CT molecular complexity index is 1320. The van der Waals surface area contributed by atoms with Crippen LogP contribution in [0.15, 0.2) is 59.7 Å². The van der Waals surface area contributed by atoms with Crippen LogP contribution in [0.25, 0.3) is 17.0 Å². The zero-order chi connectivity index (χ0) is 23.9. The number of aromatic amines is 1. The molecule has 3 heterocycles. The van der Waals surface area contributed by atoms with Crippen LogP contribution in [-0.2, 0) is 9.59 Å². The van der Waals surface area contributed by atoms with Gasteiger partial charge in [-0.15, -0.1) is 0 Å². The van der Waals surface area contributed by atoms with Crippen LogP contribution in [0, 0.1) is 5.92 Å². The Kier molecular flexibility index (Phi) is 6.08. The molecule has 0 saturated heterocycles. The van der Waals surface area contributed by atoms with E-state index >= 15 is 0 Å². The van der Waals surface area contributed by atoms with Gasteiger partial charge in [-0.3, -0.25) is 24.4 Å². The van der Waals surface area contributed by atoms with E-state index in [1.165, 1.54) is 9.58 Å². The number of halogens is 1. The van der Waals surface area contributed by atoms with Crippen LogP contribution in [0.4, 0.5) is 0 Å². The van der Waals surface area contributed by atoms with Crippen LogP contribution in [0.3, 0.4) is 0 Å². The first-order valence-electron chi connectivity index (χ1n) is 10.9. The molecule has 33 heavy (non-hydrogen) atoms. The highest BCUT2D eigenvalue weighted by Gasteiger charge is 2.47. The summed E-state index contributed by atoms with van der Waals surface area (Å²) in [5.74, 6) is -0.899. The molecule has 4 rings (SSSR count). The van der Waals surface area contributed by atoms with E-state index in [-0.39, 0.29) is 35.2 Å². The van der Waals surface area contributed by atoms with E-state index in [1.807, 2.05) is 33.8 Å². The van der Waals surface area contributed by atoms with Crippen molar-refractivity contribution >= 4 is 34.7 Å². The predicted octanol–water partition coefficient (Wildman–Crippen LogP) is 3.62. The lowest BCUT2D eigenvalue weighted by Gasteiger charge is -2.16. The summed E-state index contributed by atoms with van der Waals surface area (Å²) in [5.41, 5.74) is 1.22. The summed E-state index contributed by atoms with van der Waals surface area (Å²) in [4.78, 5) is 42.0. The second-order valence-corrected chi connectivity index (χ2v) is 9.23. The number of rotatable bonds is 6. The Labute approximate surface area is 196 Å². The molecule has 1 aromatic carbocycles. The van der Waals surface area contributed by atoms with Crippen molar-refractivity contribution in [2.75, 3.05) is 6.54 Å². The number of nitrogens with zero attached hydrogens (tertiary/aromatic N) is 3. The van der Waals surface area contributed by atoms with Crippen LogP contribution in [0.1, 0.15) is 44.9 Å². The molecular weight excluding hydrogens is 440 g/mol. The fourth-order valence-electron chi connectivity index (χ4n) is 4.02. The molecule has 170 valence electrons. The van der Waals surface area contributed by atoms with E-state index in [4.69, 9.17) is 11.6 Å². The highest BCUT2D eigenvalue weighted by molar-refractivity contribution is 6.44. The van der Waals surface area contributed by atoms with Crippen LogP contribution in [-0.4, -0.2) is 33.0 Å². The number of hydrogen-bond acceptors (Lipinski definition) is 3. The molecule has 1 N–H and O–H groups in total. The Morgan fingerprint density at radius 3 is 2.27 bits per heavy atom. The van der Waals surface area contributed by atoms with Crippen molar-refractivity contribution in [2.24, 2.45) is 5.92 Å². The third-order valence-corrected chi connectivity index (χ3v) is 5.71. The minimum atomic E-state index is -0.462. The first kappa shape index (κ1) is 22.7. The fraction of sp³-hybridized carbons (Fsp3) is 0.280. The van der Waals surface area contributed by atoms with Gasteiger partial charge in [0.15, 0.2) is 12.4 Å². The molecular formula is C25H26ClN4O3+. The van der Waals surface area contributed by atoms with Gasteiger partial charge in [0.25, 0.3) is 17.2 Å². The largest absolute Gasteiger partial charge is 0.326 e. The Morgan fingerprint density at radius 2 is 1.67 bits per heavy atom. The molecule has 0 fully saturated rings. The van der Waals surface area contributed by atoms with E-state index < -0.39 is 17.4 Å². The zero-order valence-electron chi connectivity index (χ0n) is 19.0. The highest BCUT2D eigenvalue weighted by Crippen LogP contribution is 2.32. The minimum absolute atomic E-state index is 0.0817. The summed E-state index contributed by atoms with van der Waals surface area (Å²) in [6.07, 6.45) is 3.41. The van der Waals surface area contributed by atoms with Gasteiger partial charge in [-0.2, -0.15) is 4.57 Å². The average molecular weight is 466 g/mol. The molecule has 7 nitrogen and oxygen atoms in total. The molecule has 1 aliphatic heterocycles. The lowest BCUT2D eigenvalue weighted by atomic mass is 9.98. The monoisotopic (exact) mass is 465 g/mol. The lowest BCUT2D eigenvalue weighted by Crippen LogP contribution is -2.40. The molecule has 0 spiro atoms. The highest BCUT2D eigenvalue weighted by atomic mass is 35.5. The van der Waals surface area contributed by atoms with E-state index in [0.29, 0.717) is 16.4 Å². The lowest BCUT2D eigenvalue weighted by molar-refractivity contribution is -0.576. The second kappa shape index (κ2) is 8.83. The van der Waals surface area contributed by atoms with E-state index in [0.717, 1.165) is 0 Å². The van der Waals surface area contributed by atoms with Crippen LogP contribution in [0.2, 0.25) is 5.02 Å². The molecule has 2 aromatic heterocycles. The Morgan fingerprint density at radius 1 is 0.970 bits per heavy atom. The van der Waals surface area contributed by atoms with Gasteiger partial charge >= 0.3 is 5.91 Å². The third-order valence-electron chi connectivity index (χ3n) is 5.48. The molecule has 3 aromatic rings. The number of imide groups is 1. The maximum Gasteiger partial charge on any atom is 0.326 e. The van der Waals surface area contributed by atoms with Crippen LogP contribution >= 0.6 is 11.6 Å². The first-order chi connectivity index (χ1) is 15.7. The summed E-state index contributed by atoms with van der Waals surface area (Å²) in [6, 6.07) is 12.3. The van der Waals surface area contributed by atoms with Gasteiger partial charge in [0.2, 0.25) is 0 Å². The second-order valence-electron chi connectivity index (χ2n) is 8.80. The molecule has 0 bridgehead atoms. The van der Waals surface area contributed by atoms with Gasteiger partial charge in [-0.1, -0.05) is 51.4 Å². The molecule has 0 atom stereocenters. The number of amides is 2. The number of carbonyl (C=O) groups excluding carboxylic acids is 2. The van der Waals surface area contributed by atoms with Crippen molar-refractivity contribution in [1.82, 2.24) is 14.7 Å². The molecule has 1 aliphatic rings. The average Bonchev–Trinajstić information content (AvgIpc) is 3.23. The van der Waals surface area contributed by atoms with Gasteiger partial charge in [0, 0.05) is 29.4 Å². The first-order valence-corrected chi connectivity index (χ1v) is 11.3. The SMILES string of the molecule is CC(C)CN1C(=O)C(c2c(C(C)C)[nH]n(-c3cccc(Cl)c3)c2=O)=C([n+]2ccccc2)C1=O. The van der Waals surface area contributed by atoms with Crippen LogP contribution < -0.4 is 10.1 Å².